The summed E-state index contributed by atoms with van der Waals surface area (Å²) in [6.45, 7) is 4.46. The molecule has 0 bridgehead atoms. The maximum Gasteiger partial charge on any atom is 0.0366 e. The third-order valence-corrected chi connectivity index (χ3v) is 3.52. The number of nitrogens with zero attached hydrogens (tertiary/aromatic N) is 1. The largest absolute Gasteiger partial charge is 0.374 e. The average Bonchev–Trinajstić information content (AvgIpc) is 2.98. The van der Waals surface area contributed by atoms with Gasteiger partial charge in [-0.2, -0.15) is 0 Å². The quantitative estimate of drug-likeness (QED) is 0.816. The molecular weight excluding hydrogens is 196 g/mol. The molecule has 1 fully saturated rings. The van der Waals surface area contributed by atoms with Gasteiger partial charge >= 0.3 is 0 Å². The topological polar surface area (TPSA) is 15.3 Å². The molecule has 0 radical (unpaired) electrons. The van der Waals surface area contributed by atoms with Crippen LogP contribution in [-0.4, -0.2) is 27.2 Å². The van der Waals surface area contributed by atoms with Crippen LogP contribution in [0, 0.1) is 12.3 Å². The Morgan fingerprint density at radius 1 is 1.38 bits per heavy atom. The standard InChI is InChI=1S/C14H22N2/c1-12-5-4-6-13(9-12)16(3)11-14(7-8-14)10-15-2/h4-6,9,15H,7-8,10-11H2,1-3H3. The van der Waals surface area contributed by atoms with E-state index in [9.17, 15) is 0 Å². The summed E-state index contributed by atoms with van der Waals surface area (Å²) in [5, 5.41) is 3.31. The van der Waals surface area contributed by atoms with Crippen LogP contribution in [-0.2, 0) is 0 Å². The van der Waals surface area contributed by atoms with Crippen LogP contribution in [0.25, 0.3) is 0 Å². The van der Waals surface area contributed by atoms with Gasteiger partial charge in [0.25, 0.3) is 0 Å². The molecule has 1 saturated carbocycles. The van der Waals surface area contributed by atoms with E-state index < -0.39 is 0 Å². The van der Waals surface area contributed by atoms with Crippen molar-refractivity contribution >= 4 is 5.69 Å². The fourth-order valence-electron chi connectivity index (χ4n) is 2.40. The summed E-state index contributed by atoms with van der Waals surface area (Å²) < 4.78 is 0. The Hall–Kier alpha value is -1.02. The van der Waals surface area contributed by atoms with E-state index >= 15 is 0 Å². The normalized spacial score (nSPS) is 17.2. The molecule has 1 aliphatic carbocycles. The number of aryl methyl sites for hydroxylation is 1. The first-order valence-corrected chi connectivity index (χ1v) is 6.08. The van der Waals surface area contributed by atoms with Gasteiger partial charge in [-0.05, 0) is 44.5 Å². The maximum atomic E-state index is 3.31. The highest BCUT2D eigenvalue weighted by atomic mass is 15.1. The summed E-state index contributed by atoms with van der Waals surface area (Å²) in [4.78, 5) is 2.39. The summed E-state index contributed by atoms with van der Waals surface area (Å²) >= 11 is 0. The van der Waals surface area contributed by atoms with Crippen LogP contribution in [0.4, 0.5) is 5.69 Å². The van der Waals surface area contributed by atoms with E-state index in [4.69, 9.17) is 0 Å². The molecule has 88 valence electrons. The lowest BCUT2D eigenvalue weighted by Crippen LogP contribution is -2.32. The minimum absolute atomic E-state index is 0.535. The van der Waals surface area contributed by atoms with E-state index in [1.807, 2.05) is 7.05 Å². The molecule has 0 spiro atoms. The number of benzene rings is 1. The van der Waals surface area contributed by atoms with Crippen molar-refractivity contribution in [3.63, 3.8) is 0 Å². The molecule has 1 aliphatic rings. The lowest BCUT2D eigenvalue weighted by Gasteiger charge is -2.25. The summed E-state index contributed by atoms with van der Waals surface area (Å²) in [5.41, 5.74) is 3.21. The Morgan fingerprint density at radius 3 is 2.69 bits per heavy atom. The molecule has 2 heteroatoms. The van der Waals surface area contributed by atoms with Crippen LogP contribution in [0.2, 0.25) is 0 Å². The highest BCUT2D eigenvalue weighted by Crippen LogP contribution is 2.45. The van der Waals surface area contributed by atoms with E-state index in [2.05, 4.69) is 48.5 Å². The number of hydrogen-bond acceptors (Lipinski definition) is 2. The molecule has 0 unspecified atom stereocenters. The van der Waals surface area contributed by atoms with Gasteiger partial charge in [0, 0.05) is 31.2 Å². The van der Waals surface area contributed by atoms with Gasteiger partial charge in [0.15, 0.2) is 0 Å². The van der Waals surface area contributed by atoms with Crippen molar-refractivity contribution in [2.24, 2.45) is 5.41 Å². The molecule has 2 rings (SSSR count). The number of nitrogens with one attached hydrogen (secondary N) is 1. The minimum atomic E-state index is 0.535. The Labute approximate surface area is 98.7 Å². The molecular formula is C14H22N2. The second-order valence-electron chi connectivity index (χ2n) is 5.23. The van der Waals surface area contributed by atoms with Crippen molar-refractivity contribution in [2.75, 3.05) is 32.1 Å². The highest BCUT2D eigenvalue weighted by molar-refractivity contribution is 5.48. The fourth-order valence-corrected chi connectivity index (χ4v) is 2.40. The van der Waals surface area contributed by atoms with E-state index in [0.717, 1.165) is 13.1 Å². The van der Waals surface area contributed by atoms with Crippen LogP contribution in [0.3, 0.4) is 0 Å². The SMILES string of the molecule is CNCC1(CN(C)c2cccc(C)c2)CC1. The van der Waals surface area contributed by atoms with Crippen LogP contribution >= 0.6 is 0 Å². The van der Waals surface area contributed by atoms with E-state index in [-0.39, 0.29) is 0 Å². The summed E-state index contributed by atoms with van der Waals surface area (Å²) in [6.07, 6.45) is 2.73. The number of hydrogen-bond donors (Lipinski definition) is 1. The third-order valence-electron chi connectivity index (χ3n) is 3.52. The van der Waals surface area contributed by atoms with Crippen LogP contribution in [0.15, 0.2) is 24.3 Å². The molecule has 0 aliphatic heterocycles. The van der Waals surface area contributed by atoms with Crippen molar-refractivity contribution in [1.29, 1.82) is 0 Å². The van der Waals surface area contributed by atoms with Gasteiger partial charge < -0.3 is 10.2 Å². The molecule has 1 aromatic rings. The Morgan fingerprint density at radius 2 is 2.12 bits per heavy atom. The Bertz CT molecular complexity index is 356. The molecule has 0 aromatic heterocycles. The molecule has 0 heterocycles. The van der Waals surface area contributed by atoms with Crippen molar-refractivity contribution in [3.05, 3.63) is 29.8 Å². The van der Waals surface area contributed by atoms with Crippen LogP contribution < -0.4 is 10.2 Å². The first-order valence-electron chi connectivity index (χ1n) is 6.08. The molecule has 0 saturated heterocycles. The van der Waals surface area contributed by atoms with Crippen molar-refractivity contribution in [2.45, 2.75) is 19.8 Å². The number of rotatable bonds is 5. The van der Waals surface area contributed by atoms with Crippen molar-refractivity contribution in [3.8, 4) is 0 Å². The van der Waals surface area contributed by atoms with Gasteiger partial charge in [-0.3, -0.25) is 0 Å². The smallest absolute Gasteiger partial charge is 0.0366 e. The van der Waals surface area contributed by atoms with Crippen molar-refractivity contribution < 1.29 is 0 Å². The highest BCUT2D eigenvalue weighted by Gasteiger charge is 2.42. The second-order valence-corrected chi connectivity index (χ2v) is 5.23. The monoisotopic (exact) mass is 218 g/mol. The molecule has 0 amide bonds. The zero-order valence-corrected chi connectivity index (χ0v) is 10.6. The van der Waals surface area contributed by atoms with Gasteiger partial charge in [0.05, 0.1) is 0 Å². The van der Waals surface area contributed by atoms with Gasteiger partial charge in [0.1, 0.15) is 0 Å². The zero-order valence-electron chi connectivity index (χ0n) is 10.6. The minimum Gasteiger partial charge on any atom is -0.374 e. The predicted molar refractivity (Wildman–Crippen MR) is 70.0 cm³/mol. The summed E-state index contributed by atoms with van der Waals surface area (Å²) in [5.74, 6) is 0. The first kappa shape index (κ1) is 11.5. The molecule has 16 heavy (non-hydrogen) atoms. The van der Waals surface area contributed by atoms with Gasteiger partial charge in [0.2, 0.25) is 0 Å². The Kier molecular flexibility index (Phi) is 3.20. The maximum absolute atomic E-state index is 3.31. The molecule has 1 N–H and O–H groups in total. The van der Waals surface area contributed by atoms with Gasteiger partial charge in [-0.25, -0.2) is 0 Å². The predicted octanol–water partition coefficient (Wildman–Crippen LogP) is 2.43. The lowest BCUT2D eigenvalue weighted by atomic mass is 10.1. The molecule has 2 nitrogen and oxygen atoms in total. The first-order chi connectivity index (χ1) is 7.65. The van der Waals surface area contributed by atoms with Gasteiger partial charge in [-0.1, -0.05) is 12.1 Å². The number of anilines is 1. The summed E-state index contributed by atoms with van der Waals surface area (Å²) in [6, 6.07) is 8.74. The molecule has 1 aromatic carbocycles. The molecule has 0 atom stereocenters. The third kappa shape index (κ3) is 2.56. The Balaban J connectivity index is 2.00. The average molecular weight is 218 g/mol. The van der Waals surface area contributed by atoms with E-state index in [1.165, 1.54) is 24.1 Å². The second kappa shape index (κ2) is 4.46. The fraction of sp³-hybridized carbons (Fsp3) is 0.571. The lowest BCUT2D eigenvalue weighted by molar-refractivity contribution is 0.482. The van der Waals surface area contributed by atoms with E-state index in [1.54, 1.807) is 0 Å². The van der Waals surface area contributed by atoms with Crippen LogP contribution in [0.5, 0.6) is 0 Å². The zero-order chi connectivity index (χ0) is 11.6. The van der Waals surface area contributed by atoms with Crippen LogP contribution in [0.1, 0.15) is 18.4 Å². The van der Waals surface area contributed by atoms with Gasteiger partial charge in [-0.15, -0.1) is 0 Å². The van der Waals surface area contributed by atoms with Crippen molar-refractivity contribution in [1.82, 2.24) is 5.32 Å². The summed E-state index contributed by atoms with van der Waals surface area (Å²) in [7, 11) is 4.25. The van der Waals surface area contributed by atoms with E-state index in [0.29, 0.717) is 5.41 Å².